The van der Waals surface area contributed by atoms with Crippen LogP contribution in [0.15, 0.2) is 48.5 Å². The number of carbonyl (C=O) groups excluding carboxylic acids is 2. The van der Waals surface area contributed by atoms with Gasteiger partial charge in [0.2, 0.25) is 5.91 Å². The summed E-state index contributed by atoms with van der Waals surface area (Å²) in [5, 5.41) is 12.1. The molecule has 34 heavy (non-hydrogen) atoms. The molecule has 1 aliphatic carbocycles. The van der Waals surface area contributed by atoms with Crippen LogP contribution in [-0.4, -0.2) is 65.2 Å². The highest BCUT2D eigenvalue weighted by atomic mass is 32.2. The van der Waals surface area contributed by atoms with Crippen LogP contribution in [0.25, 0.3) is 11.1 Å². The SMILES string of the molecule is CC(CCNC(=O)OCC1c2ccccc2-c2ccccc21)CC(=O)N1CCSCC1C(=O)O. The highest BCUT2D eigenvalue weighted by Gasteiger charge is 2.33. The van der Waals surface area contributed by atoms with Gasteiger partial charge in [0.05, 0.1) is 0 Å². The summed E-state index contributed by atoms with van der Waals surface area (Å²) in [4.78, 5) is 37.8. The summed E-state index contributed by atoms with van der Waals surface area (Å²) in [6.45, 7) is 3.05. The predicted molar refractivity (Wildman–Crippen MR) is 132 cm³/mol. The number of aliphatic carboxylic acids is 1. The summed E-state index contributed by atoms with van der Waals surface area (Å²) in [6.07, 6.45) is 0.399. The van der Waals surface area contributed by atoms with Gasteiger partial charge in [-0.05, 0) is 34.6 Å². The van der Waals surface area contributed by atoms with Crippen molar-refractivity contribution in [3.63, 3.8) is 0 Å². The van der Waals surface area contributed by atoms with E-state index in [2.05, 4.69) is 29.6 Å². The van der Waals surface area contributed by atoms with Gasteiger partial charge >= 0.3 is 12.1 Å². The van der Waals surface area contributed by atoms with E-state index in [4.69, 9.17) is 4.74 Å². The van der Waals surface area contributed by atoms with Crippen molar-refractivity contribution in [2.45, 2.75) is 31.7 Å². The third kappa shape index (κ3) is 5.38. The van der Waals surface area contributed by atoms with E-state index in [1.54, 1.807) is 11.8 Å². The fourth-order valence-electron chi connectivity index (χ4n) is 4.69. The number of hydrogen-bond donors (Lipinski definition) is 2. The number of amides is 2. The van der Waals surface area contributed by atoms with Gasteiger partial charge in [0.1, 0.15) is 12.6 Å². The second-order valence-electron chi connectivity index (χ2n) is 8.87. The van der Waals surface area contributed by atoms with Crippen LogP contribution in [-0.2, 0) is 14.3 Å². The lowest BCUT2D eigenvalue weighted by molar-refractivity contribution is -0.149. The van der Waals surface area contributed by atoms with E-state index < -0.39 is 18.1 Å². The minimum atomic E-state index is -0.954. The van der Waals surface area contributed by atoms with E-state index >= 15 is 0 Å². The van der Waals surface area contributed by atoms with Crippen molar-refractivity contribution in [3.8, 4) is 11.1 Å². The molecule has 0 bridgehead atoms. The molecule has 8 heteroatoms. The third-order valence-electron chi connectivity index (χ3n) is 6.51. The van der Waals surface area contributed by atoms with Crippen LogP contribution in [0.5, 0.6) is 0 Å². The van der Waals surface area contributed by atoms with Crippen molar-refractivity contribution in [1.29, 1.82) is 0 Å². The van der Waals surface area contributed by atoms with Crippen LogP contribution in [0.4, 0.5) is 4.79 Å². The topological polar surface area (TPSA) is 95.9 Å². The molecule has 0 spiro atoms. The van der Waals surface area contributed by atoms with Crippen molar-refractivity contribution in [2.75, 3.05) is 31.2 Å². The quantitative estimate of drug-likeness (QED) is 0.591. The number of benzene rings is 2. The molecule has 2 aromatic rings. The fraction of sp³-hybridized carbons (Fsp3) is 0.423. The molecule has 1 aliphatic heterocycles. The Morgan fingerprint density at radius 1 is 1.12 bits per heavy atom. The number of thioether (sulfide) groups is 1. The molecule has 7 nitrogen and oxygen atoms in total. The van der Waals surface area contributed by atoms with Gasteiger partial charge in [0.25, 0.3) is 0 Å². The van der Waals surface area contributed by atoms with E-state index in [0.29, 0.717) is 25.3 Å². The lowest BCUT2D eigenvalue weighted by Crippen LogP contribution is -2.50. The Balaban J connectivity index is 1.22. The zero-order valence-electron chi connectivity index (χ0n) is 19.2. The number of carboxylic acid groups (broad SMARTS) is 1. The zero-order chi connectivity index (χ0) is 24.1. The second kappa shape index (κ2) is 11.0. The highest BCUT2D eigenvalue weighted by molar-refractivity contribution is 7.99. The van der Waals surface area contributed by atoms with Crippen molar-refractivity contribution in [3.05, 3.63) is 59.7 Å². The Bertz CT molecular complexity index is 1010. The number of hydrogen-bond acceptors (Lipinski definition) is 5. The molecular formula is C26H30N2O5S. The Kier molecular flexibility index (Phi) is 7.77. The van der Waals surface area contributed by atoms with Gasteiger partial charge in [-0.15, -0.1) is 0 Å². The van der Waals surface area contributed by atoms with Crippen LogP contribution in [0, 0.1) is 5.92 Å². The third-order valence-corrected chi connectivity index (χ3v) is 7.53. The van der Waals surface area contributed by atoms with E-state index in [1.165, 1.54) is 27.2 Å². The van der Waals surface area contributed by atoms with Gasteiger partial charge in [0, 0.05) is 36.9 Å². The monoisotopic (exact) mass is 482 g/mol. The number of ether oxygens (including phenoxy) is 1. The van der Waals surface area contributed by atoms with Gasteiger partial charge in [-0.3, -0.25) is 4.79 Å². The first-order valence-corrected chi connectivity index (χ1v) is 12.8. The van der Waals surface area contributed by atoms with Crippen LogP contribution >= 0.6 is 11.8 Å². The van der Waals surface area contributed by atoms with E-state index in [9.17, 15) is 19.5 Å². The predicted octanol–water partition coefficient (Wildman–Crippen LogP) is 3.97. The van der Waals surface area contributed by atoms with Gasteiger partial charge in [-0.1, -0.05) is 55.5 Å². The first-order valence-electron chi connectivity index (χ1n) is 11.6. The van der Waals surface area contributed by atoms with E-state index in [-0.39, 0.29) is 30.8 Å². The molecule has 2 atom stereocenters. The maximum Gasteiger partial charge on any atom is 0.407 e. The Morgan fingerprint density at radius 2 is 1.76 bits per heavy atom. The molecule has 1 saturated heterocycles. The molecular weight excluding hydrogens is 452 g/mol. The Labute approximate surface area is 203 Å². The average Bonchev–Trinajstić information content (AvgIpc) is 3.16. The van der Waals surface area contributed by atoms with E-state index in [1.807, 2.05) is 31.2 Å². The minimum absolute atomic E-state index is 0.0135. The molecule has 1 heterocycles. The molecule has 2 unspecified atom stereocenters. The lowest BCUT2D eigenvalue weighted by atomic mass is 9.98. The number of nitrogens with one attached hydrogen (secondary N) is 1. The number of nitrogens with zero attached hydrogens (tertiary/aromatic N) is 1. The molecule has 1 fully saturated rings. The molecule has 4 rings (SSSR count). The zero-order valence-corrected chi connectivity index (χ0v) is 20.1. The van der Waals surface area contributed by atoms with Crippen LogP contribution in [0.1, 0.15) is 36.8 Å². The summed E-state index contributed by atoms with van der Waals surface area (Å²) >= 11 is 1.56. The maximum atomic E-state index is 12.6. The van der Waals surface area contributed by atoms with Crippen LogP contribution in [0.3, 0.4) is 0 Å². The molecule has 0 saturated carbocycles. The largest absolute Gasteiger partial charge is 0.480 e. The normalized spacial score (nSPS) is 18.0. The van der Waals surface area contributed by atoms with Gasteiger partial charge in [0.15, 0.2) is 0 Å². The number of carboxylic acids is 1. The standard InChI is InChI=1S/C26H30N2O5S/c1-17(14-24(29)28-12-13-34-16-23(28)25(30)31)10-11-27-26(32)33-15-22-20-8-4-2-6-18(20)19-7-3-5-9-21(19)22/h2-9,17,22-23H,10-16H2,1H3,(H,27,32)(H,30,31). The number of carbonyl (C=O) groups is 3. The fourth-order valence-corrected chi connectivity index (χ4v) is 5.73. The lowest BCUT2D eigenvalue weighted by Gasteiger charge is -2.33. The molecule has 0 aromatic heterocycles. The molecule has 180 valence electrons. The molecule has 0 radical (unpaired) electrons. The summed E-state index contributed by atoms with van der Waals surface area (Å²) in [5.41, 5.74) is 4.70. The van der Waals surface area contributed by atoms with Crippen molar-refractivity contribution in [2.24, 2.45) is 5.92 Å². The van der Waals surface area contributed by atoms with Crippen molar-refractivity contribution >= 4 is 29.7 Å². The number of alkyl carbamates (subject to hydrolysis) is 1. The average molecular weight is 483 g/mol. The Morgan fingerprint density at radius 3 is 2.41 bits per heavy atom. The minimum Gasteiger partial charge on any atom is -0.480 e. The van der Waals surface area contributed by atoms with Gasteiger partial charge in [-0.25, -0.2) is 9.59 Å². The first-order chi connectivity index (χ1) is 16.5. The maximum absolute atomic E-state index is 12.6. The van der Waals surface area contributed by atoms with E-state index in [0.717, 1.165) is 5.75 Å². The van der Waals surface area contributed by atoms with Gasteiger partial charge < -0.3 is 20.1 Å². The molecule has 2 aliphatic rings. The van der Waals surface area contributed by atoms with Crippen LogP contribution in [0.2, 0.25) is 0 Å². The highest BCUT2D eigenvalue weighted by Crippen LogP contribution is 2.44. The van der Waals surface area contributed by atoms with Gasteiger partial charge in [-0.2, -0.15) is 11.8 Å². The summed E-state index contributed by atoms with van der Waals surface area (Å²) in [5.74, 6) is 0.128. The second-order valence-corrected chi connectivity index (χ2v) is 10.0. The number of rotatable bonds is 8. The smallest absolute Gasteiger partial charge is 0.407 e. The molecule has 2 N–H and O–H groups in total. The van der Waals surface area contributed by atoms with Crippen LogP contribution < -0.4 is 5.32 Å². The van der Waals surface area contributed by atoms with Crippen molar-refractivity contribution < 1.29 is 24.2 Å². The molecule has 2 amide bonds. The first kappa shape index (κ1) is 24.1. The summed E-state index contributed by atoms with van der Waals surface area (Å²) in [7, 11) is 0. The number of fused-ring (bicyclic) bond motifs is 3. The summed E-state index contributed by atoms with van der Waals surface area (Å²) in [6, 6.07) is 15.6. The Hall–Kier alpha value is -3.00. The summed E-state index contributed by atoms with van der Waals surface area (Å²) < 4.78 is 5.55. The van der Waals surface area contributed by atoms with Crippen molar-refractivity contribution in [1.82, 2.24) is 10.2 Å². The molecule has 2 aromatic carbocycles.